The van der Waals surface area contributed by atoms with Gasteiger partial charge in [-0.05, 0) is 135 Å². The van der Waals surface area contributed by atoms with Crippen LogP contribution in [0.1, 0.15) is 86.1 Å². The first-order valence-electron chi connectivity index (χ1n) is 29.7. The van der Waals surface area contributed by atoms with E-state index in [1.54, 1.807) is 24.3 Å². The zero-order valence-corrected chi connectivity index (χ0v) is 50.1. The lowest BCUT2D eigenvalue weighted by Crippen LogP contribution is -2.29. The number of allylic oxidation sites excluding steroid dienone is 8. The average Bonchev–Trinajstić information content (AvgIpc) is 2.06. The fourth-order valence-corrected chi connectivity index (χ4v) is 15.0. The molecular weight excluding hydrogens is 1060 g/mol. The Hall–Kier alpha value is -9.80. The largest absolute Gasteiger partial charge is 0.347 e. The second-order valence-corrected chi connectivity index (χ2v) is 25.2. The Morgan fingerprint density at radius 1 is 0.430 bits per heavy atom. The molecule has 2 atom stereocenters. The van der Waals surface area contributed by atoms with Crippen molar-refractivity contribution in [1.29, 1.82) is 0 Å². The SMILES string of the molecule is CN1/C(=C/C=C/C2=[N+](Cc3ccc(C[N+]4=C(/C=C/C=C5/N(C)c6ccccc6C5(C)Cc5ccc([N+](=O)[O-])cc5)C(C)(C)c5c4ccc4ccccc54)cc3)c3ccc4ccccc4c3C2(C)C)C(C)(Cc2ccc([N+](=O)[O-])cc2)c2ccccc21. The Balaban J connectivity index is 0.853. The molecule has 13 rings (SSSR count). The molecule has 9 aromatic rings. The van der Waals surface area contributed by atoms with Crippen molar-refractivity contribution in [1.82, 2.24) is 0 Å². The molecule has 0 saturated carbocycles. The third-order valence-electron chi connectivity index (χ3n) is 19.2. The van der Waals surface area contributed by atoms with Crippen LogP contribution >= 0.6 is 0 Å². The second-order valence-electron chi connectivity index (χ2n) is 25.2. The van der Waals surface area contributed by atoms with Crippen molar-refractivity contribution in [2.24, 2.45) is 0 Å². The summed E-state index contributed by atoms with van der Waals surface area (Å²) >= 11 is 0. The summed E-state index contributed by atoms with van der Waals surface area (Å²) in [6.07, 6.45) is 15.0. The van der Waals surface area contributed by atoms with Gasteiger partial charge in [-0.15, -0.1) is 0 Å². The van der Waals surface area contributed by atoms with Gasteiger partial charge in [0.05, 0.1) is 20.7 Å². The molecule has 0 aromatic heterocycles. The summed E-state index contributed by atoms with van der Waals surface area (Å²) < 4.78 is 5.03. The summed E-state index contributed by atoms with van der Waals surface area (Å²) in [6, 6.07) is 67.0. The van der Waals surface area contributed by atoms with Gasteiger partial charge in [-0.25, -0.2) is 0 Å². The molecule has 9 aromatic carbocycles. The summed E-state index contributed by atoms with van der Waals surface area (Å²) in [7, 11) is 4.28. The number of hydrogen-bond acceptors (Lipinski definition) is 6. The van der Waals surface area contributed by atoms with Gasteiger partial charge >= 0.3 is 0 Å². The van der Waals surface area contributed by atoms with E-state index in [1.807, 2.05) is 24.3 Å². The number of nitrogens with zero attached hydrogens (tertiary/aromatic N) is 6. The number of hydrogen-bond donors (Lipinski definition) is 0. The molecule has 4 aliphatic rings. The maximum atomic E-state index is 11.6. The molecule has 2 unspecified atom stereocenters. The highest BCUT2D eigenvalue weighted by Gasteiger charge is 2.48. The molecule has 4 aliphatic heterocycles. The Bertz CT molecular complexity index is 4180. The van der Waals surface area contributed by atoms with E-state index in [2.05, 4.69) is 257 Å². The van der Waals surface area contributed by atoms with Crippen molar-refractivity contribution in [3.05, 3.63) is 307 Å². The van der Waals surface area contributed by atoms with Crippen LogP contribution < -0.4 is 9.80 Å². The van der Waals surface area contributed by atoms with Gasteiger partial charge in [0, 0.05) is 118 Å². The highest BCUT2D eigenvalue weighted by molar-refractivity contribution is 6.09. The summed E-state index contributed by atoms with van der Waals surface area (Å²) in [5.41, 5.74) is 17.8. The van der Waals surface area contributed by atoms with Crippen LogP contribution in [-0.4, -0.2) is 44.5 Å². The van der Waals surface area contributed by atoms with Crippen LogP contribution in [0, 0.1) is 20.2 Å². The van der Waals surface area contributed by atoms with Crippen molar-refractivity contribution < 1.29 is 19.0 Å². The van der Waals surface area contributed by atoms with Crippen LogP contribution in [0.15, 0.2) is 242 Å². The van der Waals surface area contributed by atoms with Crippen LogP contribution in [-0.2, 0) is 47.6 Å². The van der Waals surface area contributed by atoms with Crippen LogP contribution in [0.3, 0.4) is 0 Å². The van der Waals surface area contributed by atoms with Gasteiger partial charge in [-0.3, -0.25) is 20.2 Å². The first-order chi connectivity index (χ1) is 41.4. The highest BCUT2D eigenvalue weighted by atomic mass is 16.6. The van der Waals surface area contributed by atoms with Crippen LogP contribution in [0.25, 0.3) is 21.5 Å². The summed E-state index contributed by atoms with van der Waals surface area (Å²) in [6.45, 7) is 15.4. The number of para-hydroxylation sites is 2. The van der Waals surface area contributed by atoms with E-state index in [-0.39, 0.29) is 32.1 Å². The van der Waals surface area contributed by atoms with Gasteiger partial charge in [0.15, 0.2) is 24.5 Å². The normalized spacial score (nSPS) is 20.1. The van der Waals surface area contributed by atoms with Gasteiger partial charge in [0.1, 0.15) is 0 Å². The maximum absolute atomic E-state index is 11.6. The summed E-state index contributed by atoms with van der Waals surface area (Å²) in [5.74, 6) is 0. The molecule has 10 nitrogen and oxygen atoms in total. The van der Waals surface area contributed by atoms with E-state index in [0.717, 1.165) is 33.9 Å². The molecule has 0 saturated heterocycles. The van der Waals surface area contributed by atoms with E-state index in [4.69, 9.17) is 0 Å². The predicted octanol–water partition coefficient (Wildman–Crippen LogP) is 17.1. The van der Waals surface area contributed by atoms with Crippen molar-refractivity contribution in [3.8, 4) is 0 Å². The maximum Gasteiger partial charge on any atom is 0.269 e. The van der Waals surface area contributed by atoms with Gasteiger partial charge in [-0.1, -0.05) is 146 Å². The van der Waals surface area contributed by atoms with E-state index >= 15 is 0 Å². The lowest BCUT2D eigenvalue weighted by atomic mass is 9.76. The number of rotatable bonds is 14. The number of benzene rings is 9. The van der Waals surface area contributed by atoms with E-state index in [0.29, 0.717) is 25.9 Å². The van der Waals surface area contributed by atoms with Crippen molar-refractivity contribution in [3.63, 3.8) is 0 Å². The van der Waals surface area contributed by atoms with E-state index < -0.39 is 10.8 Å². The minimum absolute atomic E-state index is 0.0923. The summed E-state index contributed by atoms with van der Waals surface area (Å²) in [4.78, 5) is 27.1. The zero-order valence-electron chi connectivity index (χ0n) is 50.1. The molecule has 86 heavy (non-hydrogen) atoms. The highest BCUT2D eigenvalue weighted by Crippen LogP contribution is 2.52. The zero-order chi connectivity index (χ0) is 59.9. The van der Waals surface area contributed by atoms with Gasteiger partial charge in [0.2, 0.25) is 11.4 Å². The Labute approximate surface area is 503 Å². The average molecular weight is 1130 g/mol. The van der Waals surface area contributed by atoms with E-state index in [1.165, 1.54) is 77.7 Å². The van der Waals surface area contributed by atoms with Crippen molar-refractivity contribution in [2.75, 3.05) is 23.9 Å². The smallest absolute Gasteiger partial charge is 0.269 e. The second kappa shape index (κ2) is 21.1. The van der Waals surface area contributed by atoms with Gasteiger partial charge < -0.3 is 9.80 Å². The van der Waals surface area contributed by atoms with E-state index in [9.17, 15) is 20.2 Å². The topological polar surface area (TPSA) is 98.8 Å². The molecule has 0 N–H and O–H groups in total. The number of nitro groups is 2. The van der Waals surface area contributed by atoms with Gasteiger partial charge in [-0.2, -0.15) is 9.15 Å². The molecule has 0 bridgehead atoms. The minimum atomic E-state index is -0.392. The minimum Gasteiger partial charge on any atom is -0.347 e. The third kappa shape index (κ3) is 9.17. The number of fused-ring (bicyclic) bond motifs is 8. The number of likely N-dealkylation sites (N-methyl/N-ethyl adjacent to an activating group) is 2. The molecule has 0 aliphatic carbocycles. The Morgan fingerprint density at radius 3 is 1.16 bits per heavy atom. The lowest BCUT2D eigenvalue weighted by molar-refractivity contribution is -0.455. The first kappa shape index (κ1) is 55.4. The number of anilines is 2. The fourth-order valence-electron chi connectivity index (χ4n) is 15.0. The van der Waals surface area contributed by atoms with Gasteiger partial charge in [0.25, 0.3) is 11.4 Å². The molecule has 0 amide bonds. The Morgan fingerprint density at radius 2 is 0.779 bits per heavy atom. The quantitative estimate of drug-likeness (QED) is 0.0611. The molecule has 10 heteroatoms. The molecule has 0 spiro atoms. The third-order valence-corrected chi connectivity index (χ3v) is 19.2. The molecule has 0 fully saturated rings. The predicted molar refractivity (Wildman–Crippen MR) is 350 cm³/mol. The standard InChI is InChI=1S/C76H70N6O4/c1-73(2)67(27-17-29-69-75(5,61-23-13-15-25-63(61)77(69)7)47-51-35-41-57(42-36-51)81(83)84)79(65-45-39-55-19-9-11-21-59(55)71(65)73)49-53-31-33-54(34-32-53)50-80-66-46-40-56-20-10-12-22-60(56)72(66)74(3,4)68(80)28-18-30-70-76(6,62-24-14-16-26-64(62)78(70)8)48-52-37-43-58(44-38-52)82(85)86/h9-46H,47-50H2,1-8H3/q+2. The lowest BCUT2D eigenvalue weighted by Gasteiger charge is -2.29. The van der Waals surface area contributed by atoms with Crippen molar-refractivity contribution in [2.45, 2.75) is 89.1 Å². The van der Waals surface area contributed by atoms with Crippen LogP contribution in [0.4, 0.5) is 34.1 Å². The molecule has 4 heterocycles. The number of non-ortho nitro benzene ring substituents is 2. The van der Waals surface area contributed by atoms with Crippen LogP contribution in [0.5, 0.6) is 0 Å². The monoisotopic (exact) mass is 1130 g/mol. The number of nitro benzene ring substituents is 2. The molecular formula is C76H70N6O4+2. The van der Waals surface area contributed by atoms with Crippen molar-refractivity contribution >= 4 is 67.1 Å². The van der Waals surface area contributed by atoms with Crippen LogP contribution in [0.2, 0.25) is 0 Å². The molecule has 426 valence electrons. The Kier molecular flexibility index (Phi) is 13.6. The first-order valence-corrected chi connectivity index (χ1v) is 29.7. The molecule has 0 radical (unpaired) electrons. The fraction of sp³-hybridized carbons (Fsp3) is 0.211. The summed E-state index contributed by atoms with van der Waals surface area (Å²) in [5, 5.41) is 28.1.